The minimum absolute atomic E-state index is 0. The van der Waals surface area contributed by atoms with Gasteiger partial charge in [0.1, 0.15) is 0 Å². The molecule has 2 aromatic heterocycles. The Kier molecular flexibility index (Phi) is 16.8. The monoisotopic (exact) mass is 429 g/mol. The van der Waals surface area contributed by atoms with Crippen LogP contribution in [0.25, 0.3) is 21.8 Å². The number of aliphatic hydroxyl groups excluding tert-OH is 2. The van der Waals surface area contributed by atoms with Crippen molar-refractivity contribution in [2.75, 3.05) is 13.2 Å². The Bertz CT molecular complexity index is 763. The van der Waals surface area contributed by atoms with E-state index < -0.39 is 25.2 Å². The summed E-state index contributed by atoms with van der Waals surface area (Å²) in [4.78, 5) is 26.7. The Morgan fingerprint density at radius 3 is 1.33 bits per heavy atom. The second kappa shape index (κ2) is 15.6. The van der Waals surface area contributed by atoms with Crippen molar-refractivity contribution in [1.29, 1.82) is 0 Å². The van der Waals surface area contributed by atoms with E-state index in [1.807, 2.05) is 12.1 Å². The summed E-state index contributed by atoms with van der Waals surface area (Å²) < 4.78 is 0. The van der Waals surface area contributed by atoms with E-state index in [1.54, 1.807) is 12.4 Å². The first-order chi connectivity index (χ1) is 11.5. The summed E-state index contributed by atoms with van der Waals surface area (Å²) in [5.74, 6) is -2.88. The molecule has 10 nitrogen and oxygen atoms in total. The van der Waals surface area contributed by atoms with Gasteiger partial charge in [-0.2, -0.15) is 0 Å². The maximum atomic E-state index is 9.01. The summed E-state index contributed by atoms with van der Waals surface area (Å²) in [5, 5.41) is 35.3. The maximum Gasteiger partial charge on any atom is 2.00 e. The van der Waals surface area contributed by atoms with Gasteiger partial charge in [-0.05, 0) is 12.1 Å². The van der Waals surface area contributed by atoms with E-state index in [0.29, 0.717) is 0 Å². The molecule has 0 spiro atoms. The van der Waals surface area contributed by atoms with E-state index in [2.05, 4.69) is 34.2 Å². The van der Waals surface area contributed by atoms with Gasteiger partial charge in [0.15, 0.2) is 0 Å². The van der Waals surface area contributed by atoms with Gasteiger partial charge in [0.25, 0.3) is 0 Å². The minimum Gasteiger partial charge on any atom is -0.548 e. The molecule has 2 heterocycles. The number of benzene rings is 1. The summed E-state index contributed by atoms with van der Waals surface area (Å²) in [6, 6.07) is 12.1. The summed E-state index contributed by atoms with van der Waals surface area (Å²) in [6.45, 7) is -1.78. The quantitative estimate of drug-likeness (QED) is 0.308. The van der Waals surface area contributed by atoms with E-state index in [-0.39, 0.29) is 28.0 Å². The molecule has 1 aromatic carbocycles. The van der Waals surface area contributed by atoms with Crippen LogP contribution < -0.4 is 10.2 Å². The van der Waals surface area contributed by atoms with E-state index >= 15 is 0 Å². The van der Waals surface area contributed by atoms with Crippen LogP contribution in [0.4, 0.5) is 0 Å². The van der Waals surface area contributed by atoms with Crippen molar-refractivity contribution < 1.29 is 58.0 Å². The Hall–Kier alpha value is -2.66. The van der Waals surface area contributed by atoms with Crippen molar-refractivity contribution in [3.63, 3.8) is 0 Å². The van der Waals surface area contributed by atoms with Crippen molar-refractivity contribution >= 4 is 33.7 Å². The molecule has 0 amide bonds. The number of fused-ring (bicyclic) bond motifs is 3. The predicted octanol–water partition coefficient (Wildman–Crippen LogP) is -3.41. The number of hydrogen-bond acceptors (Lipinski definition) is 8. The third-order valence-electron chi connectivity index (χ3n) is 2.60. The van der Waals surface area contributed by atoms with Gasteiger partial charge in [-0.3, -0.25) is 9.97 Å². The molecule has 0 unspecified atom stereocenters. The number of carbonyl (C=O) groups excluding carboxylic acids is 2. The zero-order valence-corrected chi connectivity index (χ0v) is 14.7. The number of pyridine rings is 2. The molecule has 0 bridgehead atoms. The molecule has 0 aliphatic carbocycles. The van der Waals surface area contributed by atoms with Crippen molar-refractivity contribution in [1.82, 2.24) is 9.97 Å². The van der Waals surface area contributed by atoms with Crippen LogP contribution in [0, 0.1) is 0 Å². The first-order valence-corrected chi connectivity index (χ1v) is 6.69. The number of carboxylic acids is 2. The summed E-state index contributed by atoms with van der Waals surface area (Å²) in [5.41, 5.74) is 1.95. The molecule has 11 heteroatoms. The van der Waals surface area contributed by atoms with Gasteiger partial charge in [0.2, 0.25) is 0 Å². The molecule has 27 heavy (non-hydrogen) atoms. The number of hydrogen-bond donors (Lipinski definition) is 2. The molecule has 1 radical (unpaired) electrons. The first kappa shape index (κ1) is 29.1. The zero-order chi connectivity index (χ0) is 17.9. The predicted molar refractivity (Wildman–Crippen MR) is 88.5 cm³/mol. The Balaban J connectivity index is -0.000000383. The summed E-state index contributed by atoms with van der Waals surface area (Å²) in [6.07, 6.45) is 3.60. The number of carbonyl (C=O) groups is 2. The van der Waals surface area contributed by atoms with Crippen LogP contribution in [0.1, 0.15) is 0 Å². The summed E-state index contributed by atoms with van der Waals surface area (Å²) in [7, 11) is 0. The van der Waals surface area contributed by atoms with Gasteiger partial charge in [-0.15, -0.1) is 0 Å². The number of nitrogens with zero attached hydrogens (tertiary/aromatic N) is 2. The topological polar surface area (TPSA) is 210 Å². The van der Waals surface area contributed by atoms with Gasteiger partial charge in [0.05, 0.1) is 36.2 Å². The Morgan fingerprint density at radius 1 is 0.778 bits per heavy atom. The van der Waals surface area contributed by atoms with Crippen LogP contribution in [0.5, 0.6) is 0 Å². The third-order valence-corrected chi connectivity index (χ3v) is 2.60. The van der Waals surface area contributed by atoms with E-state index in [0.717, 1.165) is 21.8 Å². The molecule has 0 aliphatic heterocycles. The van der Waals surface area contributed by atoms with Crippen LogP contribution in [-0.4, -0.2) is 56.3 Å². The average molecular weight is 430 g/mol. The number of rotatable bonds is 2. The van der Waals surface area contributed by atoms with Crippen molar-refractivity contribution in [3.05, 3.63) is 48.8 Å². The fourth-order valence-corrected chi connectivity index (χ4v) is 1.68. The molecule has 3 aromatic rings. The minimum atomic E-state index is -1.44. The maximum absolute atomic E-state index is 9.01. The molecule has 0 fully saturated rings. The standard InChI is InChI=1S/C12H8N2.2C2H4O3.Cu.2H2O/c1-3-9-5-6-10-4-2-8-14-12(10)11(9)13-7-1;2*3-1-2(4)5;;;/h1-8H;2*3H,1H2,(H,4,5);;2*1H2/q;;;+2;;/p-2. The molecule has 0 saturated carbocycles. The number of aliphatic hydroxyl groups is 2. The van der Waals surface area contributed by atoms with Crippen molar-refractivity contribution in [2.24, 2.45) is 0 Å². The Labute approximate surface area is 164 Å². The Morgan fingerprint density at radius 2 is 1.07 bits per heavy atom. The molecule has 0 aliphatic rings. The van der Waals surface area contributed by atoms with Crippen LogP contribution in [0.3, 0.4) is 0 Å². The van der Waals surface area contributed by atoms with Crippen molar-refractivity contribution in [3.8, 4) is 0 Å². The zero-order valence-electron chi connectivity index (χ0n) is 13.8. The SMILES string of the molecule is O.O.O=C([O-])CO.O=C([O-])CO.[Cu+2].c1cnc2c(c1)ccc1cccnc12. The number of carboxylic acid groups (broad SMARTS) is 2. The third kappa shape index (κ3) is 10.2. The van der Waals surface area contributed by atoms with Crippen LogP contribution in [0.2, 0.25) is 0 Å². The fraction of sp³-hybridized carbons (Fsp3) is 0.125. The second-order valence-electron chi connectivity index (χ2n) is 4.28. The van der Waals surface area contributed by atoms with Crippen LogP contribution in [-0.2, 0) is 26.7 Å². The van der Waals surface area contributed by atoms with Gasteiger partial charge < -0.3 is 41.0 Å². The normalized spacial score (nSPS) is 8.37. The molecule has 151 valence electrons. The van der Waals surface area contributed by atoms with E-state index in [9.17, 15) is 0 Å². The smallest absolute Gasteiger partial charge is 0.548 e. The van der Waals surface area contributed by atoms with E-state index in [1.165, 1.54) is 0 Å². The molecule has 0 atom stereocenters. The molecule has 3 rings (SSSR count). The van der Waals surface area contributed by atoms with Crippen LogP contribution >= 0.6 is 0 Å². The number of aliphatic carboxylic acids is 2. The fourth-order valence-electron chi connectivity index (χ4n) is 1.68. The van der Waals surface area contributed by atoms with Gasteiger partial charge in [0, 0.05) is 23.2 Å². The van der Waals surface area contributed by atoms with E-state index in [4.69, 9.17) is 30.0 Å². The summed E-state index contributed by atoms with van der Waals surface area (Å²) >= 11 is 0. The first-order valence-electron chi connectivity index (χ1n) is 6.69. The largest absolute Gasteiger partial charge is 2.00 e. The van der Waals surface area contributed by atoms with Gasteiger partial charge in [-0.1, -0.05) is 24.3 Å². The molecule has 0 saturated heterocycles. The molecular formula is C16H18CuN2O8. The van der Waals surface area contributed by atoms with Crippen molar-refractivity contribution in [2.45, 2.75) is 0 Å². The van der Waals surface area contributed by atoms with Gasteiger partial charge in [-0.25, -0.2) is 0 Å². The number of aromatic nitrogens is 2. The average Bonchev–Trinajstić information content (AvgIpc) is 2.62. The molecule has 6 N–H and O–H groups in total. The van der Waals surface area contributed by atoms with Gasteiger partial charge >= 0.3 is 17.1 Å². The molecular weight excluding hydrogens is 412 g/mol. The second-order valence-corrected chi connectivity index (χ2v) is 4.28. The van der Waals surface area contributed by atoms with Crippen LogP contribution in [0.15, 0.2) is 48.8 Å².